The molecule has 114 valence electrons. The van der Waals surface area contributed by atoms with Crippen molar-refractivity contribution in [3.63, 3.8) is 0 Å². The molecule has 0 atom stereocenters. The van der Waals surface area contributed by atoms with Crippen LogP contribution in [-0.2, 0) is 12.8 Å². The third-order valence-electron chi connectivity index (χ3n) is 4.73. The van der Waals surface area contributed by atoms with Gasteiger partial charge in [0, 0.05) is 0 Å². The highest BCUT2D eigenvalue weighted by Gasteiger charge is 2.19. The molecule has 0 bridgehead atoms. The van der Waals surface area contributed by atoms with Crippen LogP contribution in [0.5, 0.6) is 0 Å². The van der Waals surface area contributed by atoms with Gasteiger partial charge in [0.1, 0.15) is 0 Å². The Morgan fingerprint density at radius 2 is 1.64 bits per heavy atom. The molecular formula is C22H26. The maximum Gasteiger partial charge on any atom is -0.00543 e. The van der Waals surface area contributed by atoms with Gasteiger partial charge < -0.3 is 0 Å². The van der Waals surface area contributed by atoms with Crippen LogP contribution in [0.15, 0.2) is 54.1 Å². The molecule has 2 aromatic carbocycles. The van der Waals surface area contributed by atoms with Crippen LogP contribution < -0.4 is 0 Å². The van der Waals surface area contributed by atoms with Crippen LogP contribution in [0.1, 0.15) is 61.8 Å². The molecule has 1 aliphatic carbocycles. The van der Waals surface area contributed by atoms with Crippen molar-refractivity contribution in [2.45, 2.75) is 52.4 Å². The highest BCUT2D eigenvalue weighted by molar-refractivity contribution is 5.87. The highest BCUT2D eigenvalue weighted by atomic mass is 14.2. The summed E-state index contributed by atoms with van der Waals surface area (Å²) >= 11 is 0. The monoisotopic (exact) mass is 290 g/mol. The van der Waals surface area contributed by atoms with E-state index in [1.165, 1.54) is 65.5 Å². The quantitative estimate of drug-likeness (QED) is 0.557. The Morgan fingerprint density at radius 1 is 0.864 bits per heavy atom. The molecule has 22 heavy (non-hydrogen) atoms. The zero-order valence-corrected chi connectivity index (χ0v) is 13.9. The minimum Gasteiger partial charge on any atom is -0.0654 e. The van der Waals surface area contributed by atoms with Gasteiger partial charge in [-0.3, -0.25) is 0 Å². The van der Waals surface area contributed by atoms with Crippen LogP contribution in [0.3, 0.4) is 0 Å². The molecule has 0 unspecified atom stereocenters. The first-order valence-electron chi connectivity index (χ1n) is 8.67. The van der Waals surface area contributed by atoms with E-state index in [0.717, 1.165) is 6.42 Å². The van der Waals surface area contributed by atoms with E-state index in [1.807, 2.05) is 0 Å². The Balaban J connectivity index is 1.75. The molecule has 0 fully saturated rings. The summed E-state index contributed by atoms with van der Waals surface area (Å²) < 4.78 is 0. The minimum atomic E-state index is 1.10. The summed E-state index contributed by atoms with van der Waals surface area (Å²) in [5.41, 5.74) is 8.70. The molecule has 0 radical (unpaired) electrons. The smallest absolute Gasteiger partial charge is 0.00543 e. The number of rotatable bonds is 6. The van der Waals surface area contributed by atoms with E-state index in [2.05, 4.69) is 62.4 Å². The molecule has 3 rings (SSSR count). The largest absolute Gasteiger partial charge is 0.0654 e. The summed E-state index contributed by atoms with van der Waals surface area (Å²) in [6.07, 6.45) is 7.67. The van der Waals surface area contributed by atoms with Crippen LogP contribution in [0.2, 0.25) is 0 Å². The van der Waals surface area contributed by atoms with Gasteiger partial charge in [-0.05, 0) is 54.0 Å². The van der Waals surface area contributed by atoms with E-state index in [0.29, 0.717) is 0 Å². The van der Waals surface area contributed by atoms with E-state index < -0.39 is 0 Å². The molecule has 0 saturated heterocycles. The second kappa shape index (κ2) is 6.96. The highest BCUT2D eigenvalue weighted by Crippen LogP contribution is 2.37. The van der Waals surface area contributed by atoms with Gasteiger partial charge in [-0.15, -0.1) is 0 Å². The molecule has 0 saturated carbocycles. The van der Waals surface area contributed by atoms with E-state index >= 15 is 0 Å². The lowest BCUT2D eigenvalue weighted by atomic mass is 9.96. The second-order valence-electron chi connectivity index (χ2n) is 6.50. The number of fused-ring (bicyclic) bond motifs is 1. The lowest BCUT2D eigenvalue weighted by Crippen LogP contribution is -1.90. The first-order valence-corrected chi connectivity index (χ1v) is 8.67. The van der Waals surface area contributed by atoms with Crippen molar-refractivity contribution >= 4 is 5.57 Å². The Bertz CT molecular complexity index is 659. The average Bonchev–Trinajstić information content (AvgIpc) is 2.88. The van der Waals surface area contributed by atoms with E-state index in [-0.39, 0.29) is 0 Å². The van der Waals surface area contributed by atoms with Crippen LogP contribution >= 0.6 is 0 Å². The number of aryl methyl sites for hydroxylation is 1. The van der Waals surface area contributed by atoms with Crippen LogP contribution in [0.4, 0.5) is 0 Å². The summed E-state index contributed by atoms with van der Waals surface area (Å²) in [5, 5.41) is 0. The number of allylic oxidation sites excluding steroid dienone is 1. The van der Waals surface area contributed by atoms with Crippen LogP contribution in [0.25, 0.3) is 5.57 Å². The summed E-state index contributed by atoms with van der Waals surface area (Å²) in [4.78, 5) is 0. The topological polar surface area (TPSA) is 0 Å². The molecule has 0 heteroatoms. The zero-order chi connectivity index (χ0) is 15.4. The fraction of sp³-hybridized carbons (Fsp3) is 0.364. The maximum absolute atomic E-state index is 2.32. The van der Waals surface area contributed by atoms with Crippen molar-refractivity contribution in [3.8, 4) is 0 Å². The van der Waals surface area contributed by atoms with E-state index in [9.17, 15) is 0 Å². The van der Waals surface area contributed by atoms with Crippen LogP contribution in [-0.4, -0.2) is 0 Å². The van der Waals surface area contributed by atoms with Gasteiger partial charge in [-0.25, -0.2) is 0 Å². The summed E-state index contributed by atoms with van der Waals surface area (Å²) in [6, 6.07) is 18.1. The number of unbranched alkanes of at least 4 members (excludes halogenated alkanes) is 3. The van der Waals surface area contributed by atoms with Gasteiger partial charge in [0.25, 0.3) is 0 Å². The minimum absolute atomic E-state index is 1.10. The third kappa shape index (κ3) is 3.16. The third-order valence-corrected chi connectivity index (χ3v) is 4.73. The van der Waals surface area contributed by atoms with Crippen molar-refractivity contribution in [1.29, 1.82) is 0 Å². The zero-order valence-electron chi connectivity index (χ0n) is 13.9. The second-order valence-corrected chi connectivity index (χ2v) is 6.50. The fourth-order valence-corrected chi connectivity index (χ4v) is 3.52. The van der Waals surface area contributed by atoms with Gasteiger partial charge in [-0.2, -0.15) is 0 Å². The van der Waals surface area contributed by atoms with Gasteiger partial charge in [0.15, 0.2) is 0 Å². The lowest BCUT2D eigenvalue weighted by Gasteiger charge is -2.09. The van der Waals surface area contributed by atoms with Gasteiger partial charge >= 0.3 is 0 Å². The van der Waals surface area contributed by atoms with Gasteiger partial charge in [0.05, 0.1) is 0 Å². The number of benzene rings is 2. The standard InChI is InChI=1S/C22H26/c1-3-4-5-6-9-18-12-14-19(15-13-18)22-17(2)16-20-10-7-8-11-21(20)22/h7-8,10-15H,3-6,9,16H2,1-2H3. The average molecular weight is 290 g/mol. The molecule has 0 aromatic heterocycles. The normalized spacial score (nSPS) is 13.5. The molecule has 2 aromatic rings. The SMILES string of the molecule is CCCCCCc1ccc(C2=C(C)Cc3ccccc32)cc1. The molecule has 0 N–H and O–H groups in total. The fourth-order valence-electron chi connectivity index (χ4n) is 3.52. The predicted molar refractivity (Wildman–Crippen MR) is 96.1 cm³/mol. The Morgan fingerprint density at radius 3 is 2.41 bits per heavy atom. The van der Waals surface area contributed by atoms with E-state index in [4.69, 9.17) is 0 Å². The molecule has 0 amide bonds. The van der Waals surface area contributed by atoms with Crippen molar-refractivity contribution < 1.29 is 0 Å². The van der Waals surface area contributed by atoms with Gasteiger partial charge in [-0.1, -0.05) is 80.3 Å². The molecule has 0 spiro atoms. The van der Waals surface area contributed by atoms with Crippen LogP contribution in [0, 0.1) is 0 Å². The first-order chi connectivity index (χ1) is 10.8. The van der Waals surface area contributed by atoms with Crippen molar-refractivity contribution in [3.05, 3.63) is 76.4 Å². The molecular weight excluding hydrogens is 264 g/mol. The van der Waals surface area contributed by atoms with Crippen molar-refractivity contribution in [1.82, 2.24) is 0 Å². The Kier molecular flexibility index (Phi) is 4.77. The number of hydrogen-bond donors (Lipinski definition) is 0. The molecule has 0 nitrogen and oxygen atoms in total. The van der Waals surface area contributed by atoms with Gasteiger partial charge in [0.2, 0.25) is 0 Å². The molecule has 0 heterocycles. The first kappa shape index (κ1) is 15.1. The molecule has 1 aliphatic rings. The lowest BCUT2D eigenvalue weighted by molar-refractivity contribution is 0.667. The Labute approximate surface area is 134 Å². The van der Waals surface area contributed by atoms with Crippen molar-refractivity contribution in [2.24, 2.45) is 0 Å². The summed E-state index contributed by atoms with van der Waals surface area (Å²) in [7, 11) is 0. The predicted octanol–water partition coefficient (Wildman–Crippen LogP) is 6.19. The summed E-state index contributed by atoms with van der Waals surface area (Å²) in [5.74, 6) is 0. The maximum atomic E-state index is 2.32. The number of hydrogen-bond acceptors (Lipinski definition) is 0. The molecule has 0 aliphatic heterocycles. The van der Waals surface area contributed by atoms with Crippen molar-refractivity contribution in [2.75, 3.05) is 0 Å². The Hall–Kier alpha value is -1.82. The summed E-state index contributed by atoms with van der Waals surface area (Å²) in [6.45, 7) is 4.54. The van der Waals surface area contributed by atoms with E-state index in [1.54, 1.807) is 0 Å².